The van der Waals surface area contributed by atoms with Crippen molar-refractivity contribution in [1.82, 2.24) is 15.3 Å². The number of piperazine rings is 1. The van der Waals surface area contributed by atoms with Crippen molar-refractivity contribution >= 4 is 23.0 Å². The Labute approximate surface area is 116 Å². The number of nitrogens with one attached hydrogen (secondary N) is 2. The largest absolute Gasteiger partial charge is 0.329 e. The molecule has 0 saturated carbocycles. The van der Waals surface area contributed by atoms with Crippen LogP contribution in [0.2, 0.25) is 0 Å². The SMILES string of the molecule is CN1CCN(NC(=S)Nc2ccc(F)cc2F)CC1. The van der Waals surface area contributed by atoms with Crippen molar-refractivity contribution in [1.29, 1.82) is 0 Å². The second kappa shape index (κ2) is 6.23. The third kappa shape index (κ3) is 4.09. The fourth-order valence-electron chi connectivity index (χ4n) is 1.80. The van der Waals surface area contributed by atoms with Gasteiger partial charge in [0.15, 0.2) is 5.11 Å². The number of hydrogen-bond acceptors (Lipinski definition) is 3. The van der Waals surface area contributed by atoms with Crippen LogP contribution in [0.25, 0.3) is 0 Å². The first kappa shape index (κ1) is 14.1. The van der Waals surface area contributed by atoms with Crippen molar-refractivity contribution in [3.8, 4) is 0 Å². The molecule has 0 bridgehead atoms. The van der Waals surface area contributed by atoms with E-state index in [-0.39, 0.29) is 5.69 Å². The minimum atomic E-state index is -0.664. The van der Waals surface area contributed by atoms with Crippen molar-refractivity contribution in [3.63, 3.8) is 0 Å². The monoisotopic (exact) mass is 286 g/mol. The Balaban J connectivity index is 1.87. The molecule has 1 heterocycles. The summed E-state index contributed by atoms with van der Waals surface area (Å²) >= 11 is 5.10. The molecule has 1 aliphatic heterocycles. The van der Waals surface area contributed by atoms with E-state index in [0.29, 0.717) is 5.11 Å². The Kier molecular flexibility index (Phi) is 4.62. The van der Waals surface area contributed by atoms with Crippen LogP contribution in [-0.4, -0.2) is 48.2 Å². The summed E-state index contributed by atoms with van der Waals surface area (Å²) < 4.78 is 26.2. The second-order valence-electron chi connectivity index (χ2n) is 4.48. The minimum absolute atomic E-state index is 0.160. The zero-order chi connectivity index (χ0) is 13.8. The van der Waals surface area contributed by atoms with Crippen LogP contribution in [0.15, 0.2) is 18.2 Å². The molecule has 1 aromatic rings. The molecule has 7 heteroatoms. The number of likely N-dealkylation sites (N-methyl/N-ethyl adjacent to an activating group) is 1. The fraction of sp³-hybridized carbons (Fsp3) is 0.417. The molecule has 1 fully saturated rings. The summed E-state index contributed by atoms with van der Waals surface area (Å²) in [5.74, 6) is -1.27. The number of halogens is 2. The fourth-order valence-corrected chi connectivity index (χ4v) is 2.04. The van der Waals surface area contributed by atoms with Crippen molar-refractivity contribution in [2.45, 2.75) is 0 Å². The molecule has 19 heavy (non-hydrogen) atoms. The highest BCUT2D eigenvalue weighted by atomic mass is 32.1. The van der Waals surface area contributed by atoms with Gasteiger partial charge in [0.25, 0.3) is 0 Å². The van der Waals surface area contributed by atoms with Crippen LogP contribution in [0.5, 0.6) is 0 Å². The molecule has 1 aliphatic rings. The minimum Gasteiger partial charge on any atom is -0.329 e. The molecule has 2 N–H and O–H groups in total. The number of benzene rings is 1. The van der Waals surface area contributed by atoms with Gasteiger partial charge in [-0.25, -0.2) is 13.8 Å². The molecule has 1 saturated heterocycles. The smallest absolute Gasteiger partial charge is 0.185 e. The summed E-state index contributed by atoms with van der Waals surface area (Å²) in [6, 6.07) is 3.33. The van der Waals surface area contributed by atoms with Crippen molar-refractivity contribution in [2.24, 2.45) is 0 Å². The van der Waals surface area contributed by atoms with Gasteiger partial charge in [-0.1, -0.05) is 0 Å². The summed E-state index contributed by atoms with van der Waals surface area (Å²) in [7, 11) is 2.06. The predicted molar refractivity (Wildman–Crippen MR) is 74.8 cm³/mol. The third-order valence-corrected chi connectivity index (χ3v) is 3.14. The lowest BCUT2D eigenvalue weighted by Crippen LogP contribution is -2.53. The van der Waals surface area contributed by atoms with Crippen LogP contribution < -0.4 is 10.7 Å². The Morgan fingerprint density at radius 2 is 1.89 bits per heavy atom. The van der Waals surface area contributed by atoms with Crippen LogP contribution in [0.4, 0.5) is 14.5 Å². The van der Waals surface area contributed by atoms with Gasteiger partial charge in [0.1, 0.15) is 11.6 Å². The lowest BCUT2D eigenvalue weighted by Gasteiger charge is -2.33. The van der Waals surface area contributed by atoms with Gasteiger partial charge in [0.2, 0.25) is 0 Å². The van der Waals surface area contributed by atoms with Crippen LogP contribution >= 0.6 is 12.2 Å². The van der Waals surface area contributed by atoms with Crippen LogP contribution in [0.3, 0.4) is 0 Å². The van der Waals surface area contributed by atoms with E-state index in [1.165, 1.54) is 12.1 Å². The maximum Gasteiger partial charge on any atom is 0.185 e. The summed E-state index contributed by atoms with van der Waals surface area (Å²) in [6.07, 6.45) is 0. The molecule has 0 spiro atoms. The van der Waals surface area contributed by atoms with E-state index < -0.39 is 11.6 Å². The zero-order valence-electron chi connectivity index (χ0n) is 10.6. The molecule has 0 amide bonds. The molecular formula is C12H16F2N4S. The summed E-state index contributed by atoms with van der Waals surface area (Å²) in [6.45, 7) is 3.56. The zero-order valence-corrected chi connectivity index (χ0v) is 11.4. The number of thiocarbonyl (C=S) groups is 1. The van der Waals surface area contributed by atoms with Gasteiger partial charge in [-0.2, -0.15) is 0 Å². The standard InChI is InChI=1S/C12H16F2N4S/c1-17-4-6-18(7-5-17)16-12(19)15-11-3-2-9(13)8-10(11)14/h2-3,8H,4-7H2,1H3,(H2,15,16,19). The average molecular weight is 286 g/mol. The van der Waals surface area contributed by atoms with Gasteiger partial charge in [-0.15, -0.1) is 0 Å². The number of hydrazine groups is 1. The highest BCUT2D eigenvalue weighted by Crippen LogP contribution is 2.14. The van der Waals surface area contributed by atoms with E-state index in [0.717, 1.165) is 32.2 Å². The van der Waals surface area contributed by atoms with Crippen LogP contribution in [0, 0.1) is 11.6 Å². The first-order valence-electron chi connectivity index (χ1n) is 6.01. The lowest BCUT2D eigenvalue weighted by molar-refractivity contribution is 0.131. The van der Waals surface area contributed by atoms with Gasteiger partial charge in [0.05, 0.1) is 5.69 Å². The Morgan fingerprint density at radius 3 is 2.53 bits per heavy atom. The van der Waals surface area contributed by atoms with Crippen molar-refractivity contribution < 1.29 is 8.78 Å². The van der Waals surface area contributed by atoms with E-state index >= 15 is 0 Å². The molecule has 0 radical (unpaired) electrons. The van der Waals surface area contributed by atoms with Gasteiger partial charge in [0, 0.05) is 32.2 Å². The predicted octanol–water partition coefficient (Wildman–Crippen LogP) is 1.41. The summed E-state index contributed by atoms with van der Waals surface area (Å²) in [5, 5.41) is 4.99. The van der Waals surface area contributed by atoms with Gasteiger partial charge >= 0.3 is 0 Å². The number of hydrogen-bond donors (Lipinski definition) is 2. The molecule has 0 aromatic heterocycles. The molecule has 0 atom stereocenters. The molecule has 104 valence electrons. The van der Waals surface area contributed by atoms with Crippen LogP contribution in [-0.2, 0) is 0 Å². The topological polar surface area (TPSA) is 30.5 Å². The first-order chi connectivity index (χ1) is 9.04. The van der Waals surface area contributed by atoms with E-state index in [1.807, 2.05) is 5.01 Å². The summed E-state index contributed by atoms with van der Waals surface area (Å²) in [4.78, 5) is 2.22. The molecule has 0 aliphatic carbocycles. The highest BCUT2D eigenvalue weighted by Gasteiger charge is 2.14. The maximum atomic E-state index is 13.4. The number of nitrogens with zero attached hydrogens (tertiary/aromatic N) is 2. The molecule has 2 rings (SSSR count). The van der Waals surface area contributed by atoms with E-state index in [2.05, 4.69) is 22.7 Å². The van der Waals surface area contributed by atoms with Crippen LogP contribution in [0.1, 0.15) is 0 Å². The number of rotatable bonds is 2. The molecule has 0 unspecified atom stereocenters. The second-order valence-corrected chi connectivity index (χ2v) is 4.89. The first-order valence-corrected chi connectivity index (χ1v) is 6.41. The van der Waals surface area contributed by atoms with Crippen molar-refractivity contribution in [2.75, 3.05) is 38.5 Å². The van der Waals surface area contributed by atoms with E-state index in [1.54, 1.807) is 0 Å². The Bertz CT molecular complexity index is 461. The van der Waals surface area contributed by atoms with Crippen molar-refractivity contribution in [3.05, 3.63) is 29.8 Å². The molecular weight excluding hydrogens is 270 g/mol. The van der Waals surface area contributed by atoms with Gasteiger partial charge < -0.3 is 10.2 Å². The van der Waals surface area contributed by atoms with E-state index in [4.69, 9.17) is 12.2 Å². The number of anilines is 1. The molecule has 1 aromatic carbocycles. The van der Waals surface area contributed by atoms with Gasteiger partial charge in [-0.3, -0.25) is 5.43 Å². The quantitative estimate of drug-likeness (QED) is 0.803. The molecule has 4 nitrogen and oxygen atoms in total. The van der Waals surface area contributed by atoms with Gasteiger partial charge in [-0.05, 0) is 31.4 Å². The Hall–Kier alpha value is -1.31. The summed E-state index contributed by atoms with van der Waals surface area (Å²) in [5.41, 5.74) is 3.16. The normalized spacial score (nSPS) is 17.2. The lowest BCUT2D eigenvalue weighted by atomic mass is 10.3. The highest BCUT2D eigenvalue weighted by molar-refractivity contribution is 7.80. The Morgan fingerprint density at radius 1 is 1.21 bits per heavy atom. The average Bonchev–Trinajstić information content (AvgIpc) is 2.36. The van der Waals surface area contributed by atoms with E-state index in [9.17, 15) is 8.78 Å². The maximum absolute atomic E-state index is 13.4. The third-order valence-electron chi connectivity index (χ3n) is 2.94.